The molecule has 0 saturated carbocycles. The molecule has 46 valence electrons. The number of rotatable bonds is 1. The molecule has 0 aliphatic rings. The van der Waals surface area contributed by atoms with Crippen molar-refractivity contribution in [3.63, 3.8) is 0 Å². The molecule has 0 rings (SSSR count). The number of unbranched alkanes of at least 4 members (excludes halogenated alkanes) is 1. The molecule has 0 amide bonds. The van der Waals surface area contributed by atoms with Gasteiger partial charge in [0.15, 0.2) is 0 Å². The number of hydrogen-bond donors (Lipinski definition) is 1. The molecular formula is C6H15LiO. The Morgan fingerprint density at radius 1 is 1.38 bits per heavy atom. The van der Waals surface area contributed by atoms with Gasteiger partial charge in [-0.1, -0.05) is 13.3 Å². The first-order chi connectivity index (χ1) is 3.33. The van der Waals surface area contributed by atoms with Gasteiger partial charge < -0.3 is 12.0 Å². The van der Waals surface area contributed by atoms with Crippen LogP contribution in [0.1, 0.15) is 26.7 Å². The minimum absolute atomic E-state index is 0. The van der Waals surface area contributed by atoms with E-state index in [1.165, 1.54) is 6.42 Å². The van der Waals surface area contributed by atoms with Gasteiger partial charge in [0.1, 0.15) is 0 Å². The van der Waals surface area contributed by atoms with Crippen LogP contribution in [0.3, 0.4) is 0 Å². The summed E-state index contributed by atoms with van der Waals surface area (Å²) in [5.74, 6) is 0. The van der Waals surface area contributed by atoms with Gasteiger partial charge in [0.25, 0.3) is 0 Å². The van der Waals surface area contributed by atoms with Crippen LogP contribution in [0.5, 0.6) is 0 Å². The zero-order valence-electron chi connectivity index (χ0n) is 6.28. The van der Waals surface area contributed by atoms with Crippen molar-refractivity contribution in [3.8, 4) is 0 Å². The van der Waals surface area contributed by atoms with Gasteiger partial charge in [-0.3, -0.25) is 0 Å². The molecule has 2 heteroatoms. The van der Waals surface area contributed by atoms with E-state index >= 15 is 0 Å². The maximum absolute atomic E-state index is 7.57. The van der Waals surface area contributed by atoms with Crippen LogP contribution in [0.2, 0.25) is 0 Å². The Morgan fingerprint density at radius 3 is 1.50 bits per heavy atom. The predicted molar refractivity (Wildman–Crippen MR) is 33.0 cm³/mol. The summed E-state index contributed by atoms with van der Waals surface area (Å²) in [6.45, 7) is 7.65. The summed E-state index contributed by atoms with van der Waals surface area (Å²) < 4.78 is 0. The molecule has 1 nitrogen and oxygen atoms in total. The second-order valence-corrected chi connectivity index (χ2v) is 1.17. The maximum atomic E-state index is 7.57. The van der Waals surface area contributed by atoms with Crippen LogP contribution in [0, 0.1) is 6.92 Å². The van der Waals surface area contributed by atoms with Gasteiger partial charge in [0, 0.05) is 6.61 Å². The molecule has 0 aromatic rings. The van der Waals surface area contributed by atoms with Crippen molar-refractivity contribution in [1.29, 1.82) is 0 Å². The van der Waals surface area contributed by atoms with Crippen molar-refractivity contribution in [1.82, 2.24) is 0 Å². The van der Waals surface area contributed by atoms with E-state index in [0.717, 1.165) is 6.42 Å². The Kier molecular flexibility index (Phi) is 50.8. The Bertz CT molecular complexity index is 16.0. The van der Waals surface area contributed by atoms with Crippen molar-refractivity contribution >= 4 is 0 Å². The van der Waals surface area contributed by atoms with E-state index in [1.807, 2.05) is 0 Å². The molecule has 0 aliphatic carbocycles. The van der Waals surface area contributed by atoms with Crippen LogP contribution in [0.4, 0.5) is 0 Å². The number of aliphatic hydroxyl groups is 1. The van der Waals surface area contributed by atoms with Crippen molar-refractivity contribution < 1.29 is 24.0 Å². The summed E-state index contributed by atoms with van der Waals surface area (Å²) in [5, 5.41) is 7.57. The third kappa shape index (κ3) is 83.5. The fourth-order valence-electron chi connectivity index (χ4n) is 0. The third-order valence-electron chi connectivity index (χ3n) is 0.354. The first-order valence-corrected chi connectivity index (χ1v) is 2.73. The summed E-state index contributed by atoms with van der Waals surface area (Å²) in [4.78, 5) is 0. The molecule has 0 unspecified atom stereocenters. The fraction of sp³-hybridized carbons (Fsp3) is 0.833. The summed E-state index contributed by atoms with van der Waals surface area (Å²) >= 11 is 0. The van der Waals surface area contributed by atoms with E-state index in [0.29, 0.717) is 0 Å². The van der Waals surface area contributed by atoms with Crippen LogP contribution in [-0.4, -0.2) is 11.7 Å². The van der Waals surface area contributed by atoms with E-state index in [1.54, 1.807) is 6.92 Å². The molecule has 1 N–H and O–H groups in total. The molecule has 0 saturated heterocycles. The summed E-state index contributed by atoms with van der Waals surface area (Å²) in [6, 6.07) is 0. The van der Waals surface area contributed by atoms with E-state index in [2.05, 4.69) is 13.8 Å². The van der Waals surface area contributed by atoms with E-state index in [-0.39, 0.29) is 25.5 Å². The van der Waals surface area contributed by atoms with Crippen LogP contribution < -0.4 is 18.9 Å². The average Bonchev–Trinajstić information content (AvgIpc) is 1.69. The van der Waals surface area contributed by atoms with Gasteiger partial charge in [-0.15, -0.1) is 0 Å². The topological polar surface area (TPSA) is 20.2 Å². The van der Waals surface area contributed by atoms with Crippen molar-refractivity contribution in [2.24, 2.45) is 0 Å². The molecule has 0 atom stereocenters. The number of aliphatic hydroxyl groups excluding tert-OH is 1. The van der Waals surface area contributed by atoms with Crippen LogP contribution in [0.25, 0.3) is 0 Å². The Morgan fingerprint density at radius 2 is 1.50 bits per heavy atom. The van der Waals surface area contributed by atoms with Gasteiger partial charge >= 0.3 is 18.9 Å². The molecule has 0 spiro atoms. The quantitative estimate of drug-likeness (QED) is 0.326. The zero-order valence-corrected chi connectivity index (χ0v) is 6.28. The van der Waals surface area contributed by atoms with Crippen molar-refractivity contribution in [3.05, 3.63) is 6.92 Å². The molecule has 0 fully saturated rings. The predicted octanol–water partition coefficient (Wildman–Crippen LogP) is -1.38. The average molecular weight is 110 g/mol. The minimum Gasteiger partial charge on any atom is -0.397 e. The van der Waals surface area contributed by atoms with Gasteiger partial charge in [0.05, 0.1) is 0 Å². The Labute approximate surface area is 64.7 Å². The second-order valence-electron chi connectivity index (χ2n) is 1.17. The number of hydrogen-bond acceptors (Lipinski definition) is 1. The Balaban J connectivity index is -0.0000000575. The standard InChI is InChI=1S/C4H9.C2H6O.Li/c1-3-4-2;1-2-3;/h1,3-4H2,2H3;3H,2H2,1H3;/q-1;;+1. The van der Waals surface area contributed by atoms with Crippen molar-refractivity contribution in [2.75, 3.05) is 6.61 Å². The first kappa shape index (κ1) is 15.8. The largest absolute Gasteiger partial charge is 1.00 e. The van der Waals surface area contributed by atoms with Crippen LogP contribution in [0.15, 0.2) is 0 Å². The maximum Gasteiger partial charge on any atom is 1.00 e. The molecule has 8 heavy (non-hydrogen) atoms. The van der Waals surface area contributed by atoms with E-state index in [4.69, 9.17) is 5.11 Å². The van der Waals surface area contributed by atoms with Crippen LogP contribution in [-0.2, 0) is 0 Å². The molecule has 0 aromatic carbocycles. The minimum atomic E-state index is 0. The van der Waals surface area contributed by atoms with Gasteiger partial charge in [0.2, 0.25) is 0 Å². The molecule has 0 bridgehead atoms. The van der Waals surface area contributed by atoms with Gasteiger partial charge in [-0.2, -0.15) is 6.42 Å². The smallest absolute Gasteiger partial charge is 0.397 e. The molecule has 0 radical (unpaired) electrons. The van der Waals surface area contributed by atoms with Crippen molar-refractivity contribution in [2.45, 2.75) is 26.7 Å². The van der Waals surface area contributed by atoms with Gasteiger partial charge in [-0.25, -0.2) is 0 Å². The molecule has 0 aromatic heterocycles. The zero-order chi connectivity index (χ0) is 6.12. The van der Waals surface area contributed by atoms with E-state index < -0.39 is 0 Å². The molecule has 0 aliphatic heterocycles. The van der Waals surface area contributed by atoms with Gasteiger partial charge in [-0.05, 0) is 6.92 Å². The van der Waals surface area contributed by atoms with E-state index in [9.17, 15) is 0 Å². The fourth-order valence-corrected chi connectivity index (χ4v) is 0. The second kappa shape index (κ2) is 25.7. The monoisotopic (exact) mass is 110 g/mol. The SMILES string of the molecule is CCO.[CH2-]CCC.[Li+]. The normalized spacial score (nSPS) is 6.00. The first-order valence-electron chi connectivity index (χ1n) is 2.73. The Hall–Kier alpha value is 0.557. The van der Waals surface area contributed by atoms with Crippen LogP contribution >= 0.6 is 0 Å². The molecular weight excluding hydrogens is 95.0 g/mol. The molecule has 0 heterocycles. The summed E-state index contributed by atoms with van der Waals surface area (Å²) in [5.41, 5.74) is 0. The third-order valence-corrected chi connectivity index (χ3v) is 0.354. The summed E-state index contributed by atoms with van der Waals surface area (Å²) in [6.07, 6.45) is 2.28. The summed E-state index contributed by atoms with van der Waals surface area (Å²) in [7, 11) is 0.